The second kappa shape index (κ2) is 5.86. The maximum atomic E-state index is 5.36. The molecule has 0 amide bonds. The Balaban J connectivity index is 2.55. The van der Waals surface area contributed by atoms with Crippen LogP contribution in [-0.4, -0.2) is 27.4 Å². The van der Waals surface area contributed by atoms with E-state index in [1.54, 1.807) is 14.2 Å². The first-order valence-electron chi connectivity index (χ1n) is 6.10. The summed E-state index contributed by atoms with van der Waals surface area (Å²) in [5.74, 6) is 1.68. The Labute approximate surface area is 94.3 Å². The molecule has 1 aliphatic carbocycles. The predicted octanol–water partition coefficient (Wildman–Crippen LogP) is 3.11. The summed E-state index contributed by atoms with van der Waals surface area (Å²) in [6, 6.07) is 0. The lowest BCUT2D eigenvalue weighted by molar-refractivity contribution is -0.0315. The van der Waals surface area contributed by atoms with Crippen molar-refractivity contribution in [2.75, 3.05) is 27.4 Å². The lowest BCUT2D eigenvalue weighted by Crippen LogP contribution is -2.38. The summed E-state index contributed by atoms with van der Waals surface area (Å²) in [5, 5.41) is 0. The Morgan fingerprint density at radius 2 is 1.47 bits per heavy atom. The van der Waals surface area contributed by atoms with Crippen LogP contribution in [0, 0.1) is 17.3 Å². The van der Waals surface area contributed by atoms with Crippen LogP contribution in [0.3, 0.4) is 0 Å². The van der Waals surface area contributed by atoms with Crippen molar-refractivity contribution in [3.8, 4) is 0 Å². The van der Waals surface area contributed by atoms with Crippen LogP contribution in [0.1, 0.15) is 39.5 Å². The Hall–Kier alpha value is -0.0800. The molecule has 1 saturated carbocycles. The van der Waals surface area contributed by atoms with Gasteiger partial charge < -0.3 is 9.47 Å². The van der Waals surface area contributed by atoms with Crippen LogP contribution in [0.2, 0.25) is 0 Å². The molecule has 0 spiro atoms. The van der Waals surface area contributed by atoms with Crippen molar-refractivity contribution in [3.63, 3.8) is 0 Å². The SMILES string of the molecule is COCC(C)(COC)C1CCC(C)CC1. The van der Waals surface area contributed by atoms with Crippen LogP contribution < -0.4 is 0 Å². The molecule has 0 bridgehead atoms. The minimum absolute atomic E-state index is 0.212. The van der Waals surface area contributed by atoms with Gasteiger partial charge in [-0.3, -0.25) is 0 Å². The zero-order chi connectivity index (χ0) is 11.3. The molecule has 0 saturated heterocycles. The van der Waals surface area contributed by atoms with Crippen molar-refractivity contribution < 1.29 is 9.47 Å². The molecular formula is C13H26O2. The van der Waals surface area contributed by atoms with Crippen molar-refractivity contribution in [2.24, 2.45) is 17.3 Å². The molecule has 15 heavy (non-hydrogen) atoms. The molecule has 1 aliphatic rings. The van der Waals surface area contributed by atoms with Gasteiger partial charge in [0.25, 0.3) is 0 Å². The minimum Gasteiger partial charge on any atom is -0.384 e. The van der Waals surface area contributed by atoms with E-state index < -0.39 is 0 Å². The lowest BCUT2D eigenvalue weighted by Gasteiger charge is -2.40. The van der Waals surface area contributed by atoms with Gasteiger partial charge in [0.1, 0.15) is 0 Å². The summed E-state index contributed by atoms with van der Waals surface area (Å²) in [7, 11) is 3.58. The summed E-state index contributed by atoms with van der Waals surface area (Å²) in [4.78, 5) is 0. The number of rotatable bonds is 5. The van der Waals surface area contributed by atoms with Gasteiger partial charge in [0, 0.05) is 19.6 Å². The molecule has 0 unspecified atom stereocenters. The van der Waals surface area contributed by atoms with E-state index in [-0.39, 0.29) is 5.41 Å². The molecule has 1 fully saturated rings. The standard InChI is InChI=1S/C13H26O2/c1-11-5-7-12(8-6-11)13(2,9-14-3)10-15-4/h11-12H,5-10H2,1-4H3. The Morgan fingerprint density at radius 3 is 1.87 bits per heavy atom. The molecule has 0 aromatic carbocycles. The number of ether oxygens (including phenoxy) is 2. The zero-order valence-corrected chi connectivity index (χ0v) is 10.7. The van der Waals surface area contributed by atoms with Gasteiger partial charge in [-0.05, 0) is 24.7 Å². The fraction of sp³-hybridized carbons (Fsp3) is 1.00. The van der Waals surface area contributed by atoms with Crippen LogP contribution in [0.25, 0.3) is 0 Å². The number of hydrogen-bond donors (Lipinski definition) is 0. The van der Waals surface area contributed by atoms with Crippen molar-refractivity contribution in [1.29, 1.82) is 0 Å². The van der Waals surface area contributed by atoms with Crippen LogP contribution in [-0.2, 0) is 9.47 Å². The van der Waals surface area contributed by atoms with Gasteiger partial charge in [0.05, 0.1) is 13.2 Å². The van der Waals surface area contributed by atoms with E-state index in [1.807, 2.05) is 0 Å². The quantitative estimate of drug-likeness (QED) is 0.700. The fourth-order valence-corrected chi connectivity index (χ4v) is 2.89. The van der Waals surface area contributed by atoms with Gasteiger partial charge >= 0.3 is 0 Å². The van der Waals surface area contributed by atoms with Gasteiger partial charge in [-0.25, -0.2) is 0 Å². The van der Waals surface area contributed by atoms with E-state index in [0.29, 0.717) is 0 Å². The minimum atomic E-state index is 0.212. The normalized spacial score (nSPS) is 28.0. The first-order valence-corrected chi connectivity index (χ1v) is 6.10. The van der Waals surface area contributed by atoms with E-state index in [1.165, 1.54) is 25.7 Å². The molecule has 0 atom stereocenters. The maximum Gasteiger partial charge on any atom is 0.0540 e. The Kier molecular flexibility index (Phi) is 5.07. The van der Waals surface area contributed by atoms with Crippen molar-refractivity contribution in [1.82, 2.24) is 0 Å². The van der Waals surface area contributed by atoms with E-state index >= 15 is 0 Å². The highest BCUT2D eigenvalue weighted by molar-refractivity contribution is 4.85. The summed E-state index contributed by atoms with van der Waals surface area (Å²) in [6.45, 7) is 6.31. The highest BCUT2D eigenvalue weighted by Gasteiger charge is 2.36. The predicted molar refractivity (Wildman–Crippen MR) is 63.0 cm³/mol. The fourth-order valence-electron chi connectivity index (χ4n) is 2.89. The Bertz CT molecular complexity index is 165. The molecule has 0 heterocycles. The average molecular weight is 214 g/mol. The molecule has 90 valence electrons. The van der Waals surface area contributed by atoms with E-state index in [9.17, 15) is 0 Å². The van der Waals surface area contributed by atoms with Crippen molar-refractivity contribution >= 4 is 0 Å². The Morgan fingerprint density at radius 1 is 1.00 bits per heavy atom. The van der Waals surface area contributed by atoms with Crippen LogP contribution in [0.15, 0.2) is 0 Å². The molecule has 0 aromatic rings. The van der Waals surface area contributed by atoms with E-state index in [0.717, 1.165) is 25.0 Å². The summed E-state index contributed by atoms with van der Waals surface area (Å²) >= 11 is 0. The molecule has 0 aliphatic heterocycles. The average Bonchev–Trinajstić information content (AvgIpc) is 2.19. The summed E-state index contributed by atoms with van der Waals surface area (Å²) in [5.41, 5.74) is 0.212. The van der Waals surface area contributed by atoms with Crippen LogP contribution >= 0.6 is 0 Å². The van der Waals surface area contributed by atoms with Gasteiger partial charge in [0.15, 0.2) is 0 Å². The van der Waals surface area contributed by atoms with Crippen molar-refractivity contribution in [2.45, 2.75) is 39.5 Å². The lowest BCUT2D eigenvalue weighted by atomic mass is 9.69. The van der Waals surface area contributed by atoms with E-state index in [4.69, 9.17) is 9.47 Å². The maximum absolute atomic E-state index is 5.36. The largest absolute Gasteiger partial charge is 0.384 e. The number of hydrogen-bond acceptors (Lipinski definition) is 2. The highest BCUT2D eigenvalue weighted by atomic mass is 16.5. The third-order valence-electron chi connectivity index (χ3n) is 3.95. The molecule has 2 heteroatoms. The zero-order valence-electron chi connectivity index (χ0n) is 10.7. The molecule has 2 nitrogen and oxygen atoms in total. The summed E-state index contributed by atoms with van der Waals surface area (Å²) < 4.78 is 10.7. The number of methoxy groups -OCH3 is 2. The first-order chi connectivity index (χ1) is 7.12. The van der Waals surface area contributed by atoms with Crippen LogP contribution in [0.5, 0.6) is 0 Å². The second-order valence-electron chi connectivity index (χ2n) is 5.48. The van der Waals surface area contributed by atoms with Crippen LogP contribution in [0.4, 0.5) is 0 Å². The van der Waals surface area contributed by atoms with Gasteiger partial charge in [-0.2, -0.15) is 0 Å². The molecule has 0 radical (unpaired) electrons. The molecule has 0 N–H and O–H groups in total. The smallest absolute Gasteiger partial charge is 0.0540 e. The van der Waals surface area contributed by atoms with Gasteiger partial charge in [-0.15, -0.1) is 0 Å². The third-order valence-corrected chi connectivity index (χ3v) is 3.95. The molecule has 0 aromatic heterocycles. The van der Waals surface area contributed by atoms with E-state index in [2.05, 4.69) is 13.8 Å². The van der Waals surface area contributed by atoms with Crippen molar-refractivity contribution in [3.05, 3.63) is 0 Å². The monoisotopic (exact) mass is 214 g/mol. The third kappa shape index (κ3) is 3.46. The molecular weight excluding hydrogens is 188 g/mol. The second-order valence-corrected chi connectivity index (χ2v) is 5.48. The summed E-state index contributed by atoms with van der Waals surface area (Å²) in [6.07, 6.45) is 5.41. The van der Waals surface area contributed by atoms with Gasteiger partial charge in [-0.1, -0.05) is 26.7 Å². The first kappa shape index (κ1) is 13.0. The molecule has 1 rings (SSSR count). The highest BCUT2D eigenvalue weighted by Crippen LogP contribution is 2.40. The topological polar surface area (TPSA) is 18.5 Å². The van der Waals surface area contributed by atoms with Gasteiger partial charge in [0.2, 0.25) is 0 Å².